The van der Waals surface area contributed by atoms with E-state index in [0.717, 1.165) is 20.9 Å². The maximum atomic E-state index is 12.1. The Bertz CT molecular complexity index is 790. The molecule has 1 N–H and O–H groups in total. The molecular formula is C16H12BrN3O. The van der Waals surface area contributed by atoms with Gasteiger partial charge in [-0.15, -0.1) is 0 Å². The van der Waals surface area contributed by atoms with Crippen LogP contribution in [0.4, 0.5) is 5.69 Å². The lowest BCUT2D eigenvalue weighted by atomic mass is 10.1. The van der Waals surface area contributed by atoms with Gasteiger partial charge in [0.05, 0.1) is 17.6 Å². The van der Waals surface area contributed by atoms with Crippen molar-refractivity contribution < 1.29 is 4.79 Å². The monoisotopic (exact) mass is 341 g/mol. The third-order valence-corrected chi connectivity index (χ3v) is 3.47. The zero-order chi connectivity index (χ0) is 14.7. The van der Waals surface area contributed by atoms with Crippen molar-refractivity contribution >= 4 is 38.4 Å². The second kappa shape index (κ2) is 6.01. The molecule has 0 aliphatic rings. The van der Waals surface area contributed by atoms with E-state index in [9.17, 15) is 4.79 Å². The van der Waals surface area contributed by atoms with E-state index < -0.39 is 0 Å². The minimum absolute atomic E-state index is 0.0831. The van der Waals surface area contributed by atoms with Crippen LogP contribution in [0.5, 0.6) is 0 Å². The number of pyridine rings is 2. The Kier molecular flexibility index (Phi) is 3.92. The summed E-state index contributed by atoms with van der Waals surface area (Å²) in [6, 6.07) is 11.4. The van der Waals surface area contributed by atoms with Gasteiger partial charge in [0.1, 0.15) is 0 Å². The Morgan fingerprint density at radius 3 is 2.90 bits per heavy atom. The number of amides is 1. The minimum Gasteiger partial charge on any atom is -0.324 e. The highest BCUT2D eigenvalue weighted by Crippen LogP contribution is 2.24. The molecule has 3 rings (SSSR count). The summed E-state index contributed by atoms with van der Waals surface area (Å²) in [5.74, 6) is -0.0831. The lowest BCUT2D eigenvalue weighted by Gasteiger charge is -2.08. The third-order valence-electron chi connectivity index (χ3n) is 3.04. The van der Waals surface area contributed by atoms with Crippen molar-refractivity contribution in [1.29, 1.82) is 0 Å². The lowest BCUT2D eigenvalue weighted by molar-refractivity contribution is -0.115. The van der Waals surface area contributed by atoms with Crippen molar-refractivity contribution in [3.8, 4) is 0 Å². The van der Waals surface area contributed by atoms with Gasteiger partial charge in [-0.1, -0.05) is 18.2 Å². The molecule has 0 spiro atoms. The van der Waals surface area contributed by atoms with Crippen LogP contribution in [0.15, 0.2) is 59.5 Å². The predicted molar refractivity (Wildman–Crippen MR) is 86.0 cm³/mol. The van der Waals surface area contributed by atoms with Crippen molar-refractivity contribution in [3.63, 3.8) is 0 Å². The zero-order valence-corrected chi connectivity index (χ0v) is 12.7. The standard InChI is InChI=1S/C16H12BrN3O/c17-13-8-12-4-1-5-14(16(12)19-10-13)20-15(21)7-11-3-2-6-18-9-11/h1-6,8-10H,7H2,(H,20,21). The van der Waals surface area contributed by atoms with Crippen LogP contribution < -0.4 is 5.32 Å². The van der Waals surface area contributed by atoms with Gasteiger partial charge in [-0.05, 0) is 39.7 Å². The molecule has 0 aliphatic carbocycles. The van der Waals surface area contributed by atoms with Crippen molar-refractivity contribution in [2.24, 2.45) is 0 Å². The maximum Gasteiger partial charge on any atom is 0.228 e. The molecule has 3 aromatic rings. The zero-order valence-electron chi connectivity index (χ0n) is 11.1. The van der Waals surface area contributed by atoms with E-state index in [2.05, 4.69) is 31.2 Å². The topological polar surface area (TPSA) is 54.9 Å². The molecule has 104 valence electrons. The molecular weight excluding hydrogens is 330 g/mol. The van der Waals surface area contributed by atoms with Gasteiger partial charge < -0.3 is 5.32 Å². The van der Waals surface area contributed by atoms with Crippen molar-refractivity contribution in [2.75, 3.05) is 5.32 Å². The van der Waals surface area contributed by atoms with Gasteiger partial charge in [0, 0.05) is 28.4 Å². The van der Waals surface area contributed by atoms with E-state index in [1.165, 1.54) is 0 Å². The summed E-state index contributed by atoms with van der Waals surface area (Å²) in [6.07, 6.45) is 5.39. The molecule has 21 heavy (non-hydrogen) atoms. The van der Waals surface area contributed by atoms with Crippen LogP contribution in [-0.4, -0.2) is 15.9 Å². The van der Waals surface area contributed by atoms with Gasteiger partial charge in [0.15, 0.2) is 0 Å². The second-order valence-electron chi connectivity index (χ2n) is 4.62. The quantitative estimate of drug-likeness (QED) is 0.792. The normalized spacial score (nSPS) is 10.5. The van der Waals surface area contributed by atoms with Crippen LogP contribution in [0.1, 0.15) is 5.56 Å². The fourth-order valence-corrected chi connectivity index (χ4v) is 2.47. The van der Waals surface area contributed by atoms with Crippen molar-refractivity contribution in [3.05, 3.63) is 65.0 Å². The summed E-state index contributed by atoms with van der Waals surface area (Å²) < 4.78 is 0.911. The van der Waals surface area contributed by atoms with Crippen LogP contribution in [0, 0.1) is 0 Å². The summed E-state index contributed by atoms with van der Waals surface area (Å²) in [4.78, 5) is 20.5. The number of rotatable bonds is 3. The third kappa shape index (κ3) is 3.25. The van der Waals surface area contributed by atoms with Gasteiger partial charge in [-0.3, -0.25) is 14.8 Å². The molecule has 0 aliphatic heterocycles. The number of fused-ring (bicyclic) bond motifs is 1. The maximum absolute atomic E-state index is 12.1. The summed E-state index contributed by atoms with van der Waals surface area (Å²) >= 11 is 3.40. The SMILES string of the molecule is O=C(Cc1cccnc1)Nc1cccc2cc(Br)cnc12. The Morgan fingerprint density at radius 2 is 2.10 bits per heavy atom. The molecule has 4 nitrogen and oxygen atoms in total. The number of anilines is 1. The van der Waals surface area contributed by atoms with E-state index in [0.29, 0.717) is 12.1 Å². The fraction of sp³-hybridized carbons (Fsp3) is 0.0625. The molecule has 0 bridgehead atoms. The molecule has 0 atom stereocenters. The molecule has 2 aromatic heterocycles. The van der Waals surface area contributed by atoms with Crippen molar-refractivity contribution in [2.45, 2.75) is 6.42 Å². The molecule has 5 heteroatoms. The molecule has 0 fully saturated rings. The van der Waals surface area contributed by atoms with E-state index in [4.69, 9.17) is 0 Å². The highest BCUT2D eigenvalue weighted by molar-refractivity contribution is 9.10. The first kappa shape index (κ1) is 13.7. The molecule has 2 heterocycles. The number of para-hydroxylation sites is 1. The van der Waals surface area contributed by atoms with E-state index in [1.807, 2.05) is 36.4 Å². The number of carbonyl (C=O) groups is 1. The van der Waals surface area contributed by atoms with Gasteiger partial charge in [0.2, 0.25) is 5.91 Å². The van der Waals surface area contributed by atoms with Crippen LogP contribution in [0.2, 0.25) is 0 Å². The molecule has 0 unspecified atom stereocenters. The van der Waals surface area contributed by atoms with Gasteiger partial charge in [-0.25, -0.2) is 0 Å². The summed E-state index contributed by atoms with van der Waals surface area (Å²) in [5.41, 5.74) is 2.38. The number of halogens is 1. The summed E-state index contributed by atoms with van der Waals surface area (Å²) in [6.45, 7) is 0. The molecule has 0 saturated carbocycles. The highest BCUT2D eigenvalue weighted by Gasteiger charge is 2.08. The Hall–Kier alpha value is -2.27. The fourth-order valence-electron chi connectivity index (χ4n) is 2.12. The molecule has 0 radical (unpaired) electrons. The Balaban J connectivity index is 1.83. The predicted octanol–water partition coefficient (Wildman–Crippen LogP) is 3.57. The molecule has 1 aromatic carbocycles. The van der Waals surface area contributed by atoms with Gasteiger partial charge >= 0.3 is 0 Å². The van der Waals surface area contributed by atoms with Gasteiger partial charge in [0.25, 0.3) is 0 Å². The first-order valence-corrected chi connectivity index (χ1v) is 7.25. The van der Waals surface area contributed by atoms with Crippen LogP contribution in [0.25, 0.3) is 10.9 Å². The lowest BCUT2D eigenvalue weighted by Crippen LogP contribution is -2.14. The smallest absolute Gasteiger partial charge is 0.228 e. The van der Waals surface area contributed by atoms with E-state index >= 15 is 0 Å². The largest absolute Gasteiger partial charge is 0.324 e. The number of carbonyl (C=O) groups excluding carboxylic acids is 1. The van der Waals surface area contributed by atoms with Crippen LogP contribution in [-0.2, 0) is 11.2 Å². The average Bonchev–Trinajstić information content (AvgIpc) is 2.48. The average molecular weight is 342 g/mol. The number of hydrogen-bond acceptors (Lipinski definition) is 3. The van der Waals surface area contributed by atoms with Crippen LogP contribution in [0.3, 0.4) is 0 Å². The number of hydrogen-bond donors (Lipinski definition) is 1. The molecule has 1 amide bonds. The number of nitrogens with one attached hydrogen (secondary N) is 1. The first-order chi connectivity index (χ1) is 10.2. The Labute approximate surface area is 130 Å². The second-order valence-corrected chi connectivity index (χ2v) is 5.53. The Morgan fingerprint density at radius 1 is 1.19 bits per heavy atom. The number of nitrogens with zero attached hydrogens (tertiary/aromatic N) is 2. The van der Waals surface area contributed by atoms with Gasteiger partial charge in [-0.2, -0.15) is 0 Å². The van der Waals surface area contributed by atoms with E-state index in [-0.39, 0.29) is 5.91 Å². The number of benzene rings is 1. The van der Waals surface area contributed by atoms with E-state index in [1.54, 1.807) is 18.6 Å². The summed E-state index contributed by atoms with van der Waals surface area (Å²) in [7, 11) is 0. The highest BCUT2D eigenvalue weighted by atomic mass is 79.9. The summed E-state index contributed by atoms with van der Waals surface area (Å²) in [5, 5.41) is 3.88. The van der Waals surface area contributed by atoms with Crippen LogP contribution >= 0.6 is 15.9 Å². The number of aromatic nitrogens is 2. The first-order valence-electron chi connectivity index (χ1n) is 6.45. The van der Waals surface area contributed by atoms with Crippen molar-refractivity contribution in [1.82, 2.24) is 9.97 Å². The molecule has 0 saturated heterocycles. The minimum atomic E-state index is -0.0831.